The van der Waals surface area contributed by atoms with Gasteiger partial charge in [0.25, 0.3) is 11.8 Å². The number of hydrogen-bond acceptors (Lipinski definition) is 5. The molecule has 3 aromatic rings. The third kappa shape index (κ3) is 4.55. The number of aryl methyl sites for hydroxylation is 1. The first-order valence-corrected chi connectivity index (χ1v) is 8.93. The summed E-state index contributed by atoms with van der Waals surface area (Å²) >= 11 is 0. The van der Waals surface area contributed by atoms with Crippen molar-refractivity contribution in [1.29, 1.82) is 0 Å². The Morgan fingerprint density at radius 3 is 2.62 bits per heavy atom. The molecule has 1 aromatic heterocycles. The Kier molecular flexibility index (Phi) is 6.13. The van der Waals surface area contributed by atoms with Crippen LogP contribution < -0.4 is 20.2 Å². The summed E-state index contributed by atoms with van der Waals surface area (Å²) in [6.07, 6.45) is 1.59. The number of para-hydroxylation sites is 1. The van der Waals surface area contributed by atoms with Crippen LogP contribution in [-0.2, 0) is 4.79 Å². The highest BCUT2D eigenvalue weighted by Gasteiger charge is 2.12. The predicted octanol–water partition coefficient (Wildman–Crippen LogP) is 2.37. The molecule has 29 heavy (non-hydrogen) atoms. The number of fused-ring (bicyclic) bond motifs is 1. The van der Waals surface area contributed by atoms with E-state index in [2.05, 4.69) is 20.8 Å². The molecule has 0 spiro atoms. The summed E-state index contributed by atoms with van der Waals surface area (Å²) in [5, 5.41) is 7.56. The fourth-order valence-corrected chi connectivity index (χ4v) is 2.91. The van der Waals surface area contributed by atoms with E-state index in [4.69, 9.17) is 9.47 Å². The van der Waals surface area contributed by atoms with Crippen LogP contribution in [0.5, 0.6) is 11.5 Å². The van der Waals surface area contributed by atoms with Crippen LogP contribution in [0.2, 0.25) is 0 Å². The lowest BCUT2D eigenvalue weighted by Crippen LogP contribution is -2.34. The fourth-order valence-electron chi connectivity index (χ4n) is 2.91. The number of hydrogen-bond donors (Lipinski definition) is 3. The van der Waals surface area contributed by atoms with Gasteiger partial charge in [-0.1, -0.05) is 18.2 Å². The van der Waals surface area contributed by atoms with E-state index in [1.165, 1.54) is 14.2 Å². The first-order valence-electron chi connectivity index (χ1n) is 8.93. The number of amides is 2. The average molecular weight is 394 g/mol. The molecule has 0 bridgehead atoms. The van der Waals surface area contributed by atoms with Gasteiger partial charge in [0.1, 0.15) is 0 Å². The second-order valence-corrected chi connectivity index (χ2v) is 6.25. The highest BCUT2D eigenvalue weighted by molar-refractivity contribution is 6.01. The van der Waals surface area contributed by atoms with Crippen LogP contribution in [-0.4, -0.2) is 43.8 Å². The minimum Gasteiger partial charge on any atom is -0.493 e. The zero-order valence-corrected chi connectivity index (χ0v) is 16.4. The number of aromatic nitrogens is 1. The van der Waals surface area contributed by atoms with E-state index in [9.17, 15) is 9.59 Å². The van der Waals surface area contributed by atoms with Gasteiger partial charge in [0.2, 0.25) is 0 Å². The second kappa shape index (κ2) is 8.92. The van der Waals surface area contributed by atoms with E-state index < -0.39 is 11.8 Å². The maximum atomic E-state index is 12.2. The van der Waals surface area contributed by atoms with E-state index in [-0.39, 0.29) is 6.54 Å². The summed E-state index contributed by atoms with van der Waals surface area (Å²) in [5.41, 5.74) is 5.62. The zero-order valence-electron chi connectivity index (χ0n) is 16.4. The Balaban J connectivity index is 1.56. The van der Waals surface area contributed by atoms with Crippen molar-refractivity contribution in [3.63, 3.8) is 0 Å². The van der Waals surface area contributed by atoms with Crippen molar-refractivity contribution in [2.45, 2.75) is 6.92 Å². The second-order valence-electron chi connectivity index (χ2n) is 6.25. The molecule has 0 unspecified atom stereocenters. The van der Waals surface area contributed by atoms with Crippen LogP contribution in [0.4, 0.5) is 0 Å². The van der Waals surface area contributed by atoms with Gasteiger partial charge in [0.05, 0.1) is 27.0 Å². The predicted molar refractivity (Wildman–Crippen MR) is 111 cm³/mol. The summed E-state index contributed by atoms with van der Waals surface area (Å²) in [6.45, 7) is 1.73. The summed E-state index contributed by atoms with van der Waals surface area (Å²) < 4.78 is 10.3. The molecular formula is C21H22N4O4. The summed E-state index contributed by atoms with van der Waals surface area (Å²) in [4.78, 5) is 27.5. The number of hydrazone groups is 1. The van der Waals surface area contributed by atoms with Crippen LogP contribution in [0.3, 0.4) is 0 Å². The van der Waals surface area contributed by atoms with Crippen LogP contribution in [0.1, 0.15) is 21.6 Å². The van der Waals surface area contributed by atoms with Crippen molar-refractivity contribution < 1.29 is 19.1 Å². The molecule has 0 saturated carbocycles. The highest BCUT2D eigenvalue weighted by atomic mass is 16.5. The van der Waals surface area contributed by atoms with Gasteiger partial charge in [0, 0.05) is 27.7 Å². The van der Waals surface area contributed by atoms with E-state index >= 15 is 0 Å². The molecule has 150 valence electrons. The molecule has 0 radical (unpaired) electrons. The van der Waals surface area contributed by atoms with Crippen molar-refractivity contribution in [2.75, 3.05) is 20.8 Å². The van der Waals surface area contributed by atoms with Gasteiger partial charge in [-0.05, 0) is 31.2 Å². The minimum atomic E-state index is -0.437. The molecule has 3 rings (SSSR count). The smallest absolute Gasteiger partial charge is 0.259 e. The van der Waals surface area contributed by atoms with Crippen molar-refractivity contribution in [2.24, 2.45) is 5.10 Å². The van der Waals surface area contributed by atoms with E-state index in [1.807, 2.05) is 31.2 Å². The molecule has 3 N–H and O–H groups in total. The quantitative estimate of drug-likeness (QED) is 0.423. The molecule has 8 nitrogen and oxygen atoms in total. The maximum Gasteiger partial charge on any atom is 0.259 e. The third-order valence-corrected chi connectivity index (χ3v) is 4.38. The molecule has 0 atom stereocenters. The van der Waals surface area contributed by atoms with Crippen molar-refractivity contribution in [3.05, 3.63) is 59.3 Å². The van der Waals surface area contributed by atoms with Crippen LogP contribution >= 0.6 is 0 Å². The maximum absolute atomic E-state index is 12.2. The summed E-state index contributed by atoms with van der Waals surface area (Å²) in [7, 11) is 3.00. The number of benzene rings is 2. The van der Waals surface area contributed by atoms with Crippen molar-refractivity contribution >= 4 is 28.9 Å². The Hall–Kier alpha value is -3.81. The lowest BCUT2D eigenvalue weighted by molar-refractivity contribution is -0.120. The molecule has 0 aliphatic carbocycles. The van der Waals surface area contributed by atoms with Crippen LogP contribution in [0, 0.1) is 6.92 Å². The average Bonchev–Trinajstić information content (AvgIpc) is 3.06. The SMILES string of the molecule is COc1ccc(C(=O)NCC(=O)N/N=C/c2c(C)[nH]c3ccccc23)cc1OC. The van der Waals surface area contributed by atoms with Crippen molar-refractivity contribution in [1.82, 2.24) is 15.7 Å². The zero-order chi connectivity index (χ0) is 20.8. The Bertz CT molecular complexity index is 1070. The van der Waals surface area contributed by atoms with Gasteiger partial charge in [0.15, 0.2) is 11.5 Å². The Labute approximate surface area is 167 Å². The number of aromatic amines is 1. The molecule has 0 aliphatic rings. The topological polar surface area (TPSA) is 105 Å². The van der Waals surface area contributed by atoms with Gasteiger partial charge in [-0.15, -0.1) is 0 Å². The largest absolute Gasteiger partial charge is 0.493 e. The fraction of sp³-hybridized carbons (Fsp3) is 0.190. The Morgan fingerprint density at radius 1 is 1.10 bits per heavy atom. The first-order chi connectivity index (χ1) is 14.0. The first kappa shape index (κ1) is 19.9. The van der Waals surface area contributed by atoms with Gasteiger partial charge in [-0.2, -0.15) is 5.10 Å². The lowest BCUT2D eigenvalue weighted by atomic mass is 10.1. The molecule has 0 saturated heterocycles. The van der Waals surface area contributed by atoms with Gasteiger partial charge in [-0.3, -0.25) is 9.59 Å². The van der Waals surface area contributed by atoms with Gasteiger partial charge >= 0.3 is 0 Å². The molecule has 0 aliphatic heterocycles. The van der Waals surface area contributed by atoms with Crippen LogP contribution in [0.25, 0.3) is 10.9 Å². The van der Waals surface area contributed by atoms with Crippen molar-refractivity contribution in [3.8, 4) is 11.5 Å². The Morgan fingerprint density at radius 2 is 1.86 bits per heavy atom. The number of H-pyrrole nitrogens is 1. The van der Waals surface area contributed by atoms with E-state index in [1.54, 1.807) is 24.4 Å². The van der Waals surface area contributed by atoms with Gasteiger partial charge < -0.3 is 19.8 Å². The summed E-state index contributed by atoms with van der Waals surface area (Å²) in [6, 6.07) is 12.6. The normalized spacial score (nSPS) is 10.9. The molecule has 1 heterocycles. The number of nitrogens with one attached hydrogen (secondary N) is 3. The number of carbonyl (C=O) groups is 2. The monoisotopic (exact) mass is 394 g/mol. The number of ether oxygens (including phenoxy) is 2. The third-order valence-electron chi connectivity index (χ3n) is 4.38. The number of carbonyl (C=O) groups excluding carboxylic acids is 2. The lowest BCUT2D eigenvalue weighted by Gasteiger charge is -2.09. The molecule has 0 fully saturated rings. The minimum absolute atomic E-state index is 0.211. The molecule has 8 heteroatoms. The molecule has 2 aromatic carbocycles. The highest BCUT2D eigenvalue weighted by Crippen LogP contribution is 2.27. The number of methoxy groups -OCH3 is 2. The van der Waals surface area contributed by atoms with Crippen LogP contribution in [0.15, 0.2) is 47.6 Å². The summed E-state index contributed by atoms with van der Waals surface area (Å²) in [5.74, 6) is 0.108. The van der Waals surface area contributed by atoms with E-state index in [0.29, 0.717) is 17.1 Å². The number of rotatable bonds is 7. The number of nitrogens with zero attached hydrogens (tertiary/aromatic N) is 1. The standard InChI is InChI=1S/C21H22N4O4/c1-13-16(15-6-4-5-7-17(15)24-13)11-23-25-20(26)12-22-21(27)14-8-9-18(28-2)19(10-14)29-3/h4-11,24H,12H2,1-3H3,(H,22,27)(H,25,26)/b23-11+. The van der Waals surface area contributed by atoms with Gasteiger partial charge in [-0.25, -0.2) is 5.43 Å². The van der Waals surface area contributed by atoms with E-state index in [0.717, 1.165) is 22.2 Å². The molecular weight excluding hydrogens is 372 g/mol. The molecule has 2 amide bonds.